The fourth-order valence-electron chi connectivity index (χ4n) is 6.99. The van der Waals surface area contributed by atoms with E-state index in [1.807, 2.05) is 27.7 Å². The maximum absolute atomic E-state index is 14.9. The van der Waals surface area contributed by atoms with E-state index in [0.717, 1.165) is 6.07 Å². The van der Waals surface area contributed by atoms with E-state index in [1.165, 1.54) is 18.5 Å². The quantitative estimate of drug-likeness (QED) is 0.0662. The first kappa shape index (κ1) is 40.3. The number of amides is 2. The Hall–Kier alpha value is -4.85. The predicted molar refractivity (Wildman–Crippen MR) is 205 cm³/mol. The van der Waals surface area contributed by atoms with E-state index in [-0.39, 0.29) is 48.6 Å². The lowest BCUT2D eigenvalue weighted by Gasteiger charge is -2.42. The van der Waals surface area contributed by atoms with Crippen LogP contribution in [-0.4, -0.2) is 49.4 Å². The van der Waals surface area contributed by atoms with Crippen LogP contribution in [-0.2, 0) is 41.6 Å². The Labute approximate surface area is 318 Å². The van der Waals surface area contributed by atoms with Crippen LogP contribution >= 0.6 is 12.2 Å². The minimum Gasteiger partial charge on any atom is -0.373 e. The van der Waals surface area contributed by atoms with Crippen LogP contribution in [0.2, 0.25) is 0 Å². The first-order chi connectivity index (χ1) is 25.7. The molecular weight excluding hydrogens is 719 g/mol. The van der Waals surface area contributed by atoms with Gasteiger partial charge in [0.1, 0.15) is 17.7 Å². The van der Waals surface area contributed by atoms with Crippen molar-refractivity contribution >= 4 is 39.9 Å². The largest absolute Gasteiger partial charge is 0.418 e. The molecular formula is C40H47F4N7O2S. The molecule has 0 spiro atoms. The standard InChI is InChI=1S/C40H47F4N7O2S/c1-6-23(3)34(49-33(52)19-26-11-8-9-14-31(26)41)25(5)51-39(17-15-32-29(20-39)28-12-10-13-30(36(28)48-32)40(42,43)44)38(53)50-35(24(4)7-2)37(54)46-21-27-16-18-45-22-47-27/h8-14,16,18,22-24,34-35,48,51H,5-7,15,17,19-21H2,1-4H3,(H,46,54)(H,49,52)(H,50,53)/t23?,24?,34-,35-,39+/m0/s1. The highest BCUT2D eigenvalue weighted by molar-refractivity contribution is 7.80. The number of rotatable bonds is 15. The third kappa shape index (κ3) is 9.08. The van der Waals surface area contributed by atoms with E-state index >= 15 is 0 Å². The Kier molecular flexibility index (Phi) is 12.8. The van der Waals surface area contributed by atoms with E-state index in [4.69, 9.17) is 12.2 Å². The van der Waals surface area contributed by atoms with Crippen molar-refractivity contribution in [2.24, 2.45) is 11.8 Å². The zero-order valence-corrected chi connectivity index (χ0v) is 31.7. The number of aryl methyl sites for hydroxylation is 1. The number of H-pyrrole nitrogens is 1. The van der Waals surface area contributed by atoms with E-state index < -0.39 is 47.0 Å². The molecule has 2 aromatic carbocycles. The van der Waals surface area contributed by atoms with E-state index in [2.05, 4.69) is 42.8 Å². The van der Waals surface area contributed by atoms with Crippen LogP contribution in [0.3, 0.4) is 0 Å². The highest BCUT2D eigenvalue weighted by Crippen LogP contribution is 2.40. The number of thiocarbonyl (C=S) groups is 1. The molecule has 14 heteroatoms. The molecule has 1 aliphatic carbocycles. The number of hydrogen-bond donors (Lipinski definition) is 5. The van der Waals surface area contributed by atoms with Crippen LogP contribution in [0.5, 0.6) is 0 Å². The van der Waals surface area contributed by atoms with Crippen LogP contribution < -0.4 is 21.3 Å². The van der Waals surface area contributed by atoms with Gasteiger partial charge < -0.3 is 26.3 Å². The van der Waals surface area contributed by atoms with E-state index in [0.29, 0.717) is 52.4 Å². The van der Waals surface area contributed by atoms with Crippen LogP contribution in [0.25, 0.3) is 10.9 Å². The van der Waals surface area contributed by atoms with E-state index in [9.17, 15) is 27.2 Å². The summed E-state index contributed by atoms with van der Waals surface area (Å²) in [6.45, 7) is 12.5. The van der Waals surface area contributed by atoms with Crippen molar-refractivity contribution in [2.45, 2.75) is 96.6 Å². The molecule has 288 valence electrons. The summed E-state index contributed by atoms with van der Waals surface area (Å²) in [5.41, 5.74) is 0.296. The van der Waals surface area contributed by atoms with Gasteiger partial charge in [-0.15, -0.1) is 0 Å². The summed E-state index contributed by atoms with van der Waals surface area (Å²) < 4.78 is 56.8. The molecule has 0 radical (unpaired) electrons. The van der Waals surface area contributed by atoms with Gasteiger partial charge >= 0.3 is 6.18 Å². The van der Waals surface area contributed by atoms with Gasteiger partial charge in [-0.25, -0.2) is 14.4 Å². The van der Waals surface area contributed by atoms with Crippen molar-refractivity contribution in [1.29, 1.82) is 0 Å². The van der Waals surface area contributed by atoms with Crippen molar-refractivity contribution in [3.8, 4) is 0 Å². The third-order valence-corrected chi connectivity index (χ3v) is 10.9. The van der Waals surface area contributed by atoms with Crippen molar-refractivity contribution in [3.05, 3.63) is 107 Å². The normalized spacial score (nSPS) is 17.8. The van der Waals surface area contributed by atoms with Gasteiger partial charge in [0, 0.05) is 29.4 Å². The summed E-state index contributed by atoms with van der Waals surface area (Å²) in [5.74, 6) is -1.57. The molecule has 2 amide bonds. The Bertz CT molecular complexity index is 1990. The number of alkyl halides is 3. The van der Waals surface area contributed by atoms with Crippen molar-refractivity contribution in [3.63, 3.8) is 0 Å². The van der Waals surface area contributed by atoms with Gasteiger partial charge in [-0.1, -0.05) is 89.7 Å². The van der Waals surface area contributed by atoms with Crippen molar-refractivity contribution in [1.82, 2.24) is 36.2 Å². The summed E-state index contributed by atoms with van der Waals surface area (Å²) in [5, 5.41) is 13.2. The molecule has 0 bridgehead atoms. The number of aromatic nitrogens is 3. The molecule has 5 N–H and O–H groups in total. The average molecular weight is 766 g/mol. The minimum absolute atomic E-state index is 0.0270. The summed E-state index contributed by atoms with van der Waals surface area (Å²) in [6.07, 6.45) is 0.0777. The van der Waals surface area contributed by atoms with Gasteiger partial charge in [-0.05, 0) is 54.0 Å². The highest BCUT2D eigenvalue weighted by atomic mass is 32.1. The number of fused-ring (bicyclic) bond motifs is 3. The molecule has 2 aromatic heterocycles. The number of nitrogens with one attached hydrogen (secondary N) is 5. The summed E-state index contributed by atoms with van der Waals surface area (Å²) in [6, 6.07) is 10.6. The number of benzene rings is 2. The lowest BCUT2D eigenvalue weighted by atomic mass is 9.77. The van der Waals surface area contributed by atoms with Gasteiger partial charge in [0.15, 0.2) is 0 Å². The van der Waals surface area contributed by atoms with Crippen LogP contribution in [0.1, 0.15) is 75.0 Å². The molecule has 2 heterocycles. The number of carbonyl (C=O) groups is 2. The summed E-state index contributed by atoms with van der Waals surface area (Å²) in [4.78, 5) is 39.8. The van der Waals surface area contributed by atoms with Crippen LogP contribution in [0.4, 0.5) is 17.6 Å². The Balaban J connectivity index is 1.49. The number of nitrogens with zero attached hydrogens (tertiary/aromatic N) is 2. The first-order valence-electron chi connectivity index (χ1n) is 18.2. The molecule has 0 saturated carbocycles. The Morgan fingerprint density at radius 2 is 1.74 bits per heavy atom. The van der Waals surface area contributed by atoms with Crippen molar-refractivity contribution < 1.29 is 27.2 Å². The first-order valence-corrected chi connectivity index (χ1v) is 18.6. The Morgan fingerprint density at radius 3 is 2.41 bits per heavy atom. The summed E-state index contributed by atoms with van der Waals surface area (Å²) >= 11 is 5.83. The number of halogens is 4. The molecule has 5 rings (SSSR count). The van der Waals surface area contributed by atoms with Gasteiger partial charge in [0.05, 0.1) is 46.8 Å². The SMILES string of the molecule is C=C(N[C@]1(C(=O)N[C@H](C(=S)NCc2ccncn2)C(C)CC)CCc2[nH]c3c(C(F)(F)F)cccc3c2C1)[C@@H](NC(=O)Cc1ccccc1F)C(C)CC. The van der Waals surface area contributed by atoms with Crippen molar-refractivity contribution in [2.75, 3.05) is 0 Å². The third-order valence-electron chi connectivity index (χ3n) is 10.5. The molecule has 0 fully saturated rings. The fraction of sp³-hybridized carbons (Fsp3) is 0.425. The van der Waals surface area contributed by atoms with Gasteiger partial charge in [0.2, 0.25) is 11.8 Å². The lowest BCUT2D eigenvalue weighted by molar-refractivity contribution is -0.136. The van der Waals surface area contributed by atoms with Crippen LogP contribution in [0.15, 0.2) is 73.3 Å². The fourth-order valence-corrected chi connectivity index (χ4v) is 7.35. The molecule has 0 saturated heterocycles. The molecule has 0 aliphatic heterocycles. The minimum atomic E-state index is -4.59. The molecule has 54 heavy (non-hydrogen) atoms. The number of carbonyl (C=O) groups excluding carboxylic acids is 2. The maximum atomic E-state index is 14.9. The van der Waals surface area contributed by atoms with Crippen LogP contribution in [0, 0.1) is 17.7 Å². The molecule has 5 atom stereocenters. The summed E-state index contributed by atoms with van der Waals surface area (Å²) in [7, 11) is 0. The number of para-hydroxylation sites is 1. The van der Waals surface area contributed by atoms with E-state index in [1.54, 1.807) is 36.5 Å². The monoisotopic (exact) mass is 765 g/mol. The second-order valence-electron chi connectivity index (χ2n) is 14.2. The molecule has 2 unspecified atom stereocenters. The van der Waals surface area contributed by atoms with Gasteiger partial charge in [-0.2, -0.15) is 13.2 Å². The zero-order chi connectivity index (χ0) is 39.2. The topological polar surface area (TPSA) is 124 Å². The number of hydrogen-bond acceptors (Lipinski definition) is 6. The zero-order valence-electron chi connectivity index (χ0n) is 30.9. The predicted octanol–water partition coefficient (Wildman–Crippen LogP) is 6.87. The molecule has 1 aliphatic rings. The smallest absolute Gasteiger partial charge is 0.373 e. The second-order valence-corrected chi connectivity index (χ2v) is 14.6. The second kappa shape index (κ2) is 17.1. The molecule has 4 aromatic rings. The Morgan fingerprint density at radius 1 is 1.02 bits per heavy atom. The maximum Gasteiger partial charge on any atom is 0.418 e. The average Bonchev–Trinajstić information content (AvgIpc) is 3.52. The highest BCUT2D eigenvalue weighted by Gasteiger charge is 2.46. The molecule has 9 nitrogen and oxygen atoms in total. The lowest BCUT2D eigenvalue weighted by Crippen LogP contribution is -2.64. The number of aromatic amines is 1. The van der Waals surface area contributed by atoms with Gasteiger partial charge in [0.25, 0.3) is 0 Å². The van der Waals surface area contributed by atoms with Gasteiger partial charge in [-0.3, -0.25) is 9.59 Å².